The van der Waals surface area contributed by atoms with Gasteiger partial charge in [-0.25, -0.2) is 22.7 Å². The highest BCUT2D eigenvalue weighted by molar-refractivity contribution is 7.88. The second-order valence-corrected chi connectivity index (χ2v) is 7.45. The fourth-order valence-electron chi connectivity index (χ4n) is 2.56. The zero-order chi connectivity index (χ0) is 14.9. The summed E-state index contributed by atoms with van der Waals surface area (Å²) in [6, 6.07) is 0.0875. The van der Waals surface area contributed by atoms with Crippen LogP contribution >= 0.6 is 0 Å². The van der Waals surface area contributed by atoms with Gasteiger partial charge in [0.25, 0.3) is 0 Å². The molecule has 7 heteroatoms. The number of nitrogens with zero attached hydrogens (tertiary/aromatic N) is 4. The van der Waals surface area contributed by atoms with Gasteiger partial charge in [-0.2, -0.15) is 0 Å². The first-order chi connectivity index (χ1) is 9.30. The standard InChI is InChI=1S/C13H22N4O2S/c1-10-11(2)14-9-15-13(10)17-7-5-12(6-8-17)16(3)20(4,18)19/h9,12H,5-8H2,1-4H3. The molecule has 0 bridgehead atoms. The van der Waals surface area contributed by atoms with E-state index in [1.165, 1.54) is 10.6 Å². The zero-order valence-electron chi connectivity index (χ0n) is 12.5. The van der Waals surface area contributed by atoms with E-state index in [-0.39, 0.29) is 6.04 Å². The molecule has 0 atom stereocenters. The molecule has 0 aliphatic carbocycles. The lowest BCUT2D eigenvalue weighted by Crippen LogP contribution is -2.45. The lowest BCUT2D eigenvalue weighted by Gasteiger charge is -2.36. The van der Waals surface area contributed by atoms with Crippen LogP contribution in [0.5, 0.6) is 0 Å². The van der Waals surface area contributed by atoms with Crippen LogP contribution in [0.25, 0.3) is 0 Å². The van der Waals surface area contributed by atoms with Crippen molar-refractivity contribution < 1.29 is 8.42 Å². The molecular formula is C13H22N4O2S. The average Bonchev–Trinajstić information content (AvgIpc) is 2.40. The maximum absolute atomic E-state index is 11.6. The Hall–Kier alpha value is -1.21. The normalized spacial score (nSPS) is 17.8. The fourth-order valence-corrected chi connectivity index (χ4v) is 3.31. The Morgan fingerprint density at radius 1 is 1.25 bits per heavy atom. The minimum atomic E-state index is -3.11. The van der Waals surface area contributed by atoms with Crippen molar-refractivity contribution in [3.05, 3.63) is 17.6 Å². The van der Waals surface area contributed by atoms with Gasteiger partial charge in [0.15, 0.2) is 0 Å². The molecule has 0 radical (unpaired) electrons. The van der Waals surface area contributed by atoms with Gasteiger partial charge in [-0.05, 0) is 26.7 Å². The van der Waals surface area contributed by atoms with Crippen LogP contribution in [0.1, 0.15) is 24.1 Å². The van der Waals surface area contributed by atoms with Crippen LogP contribution in [-0.4, -0.2) is 55.1 Å². The summed E-state index contributed by atoms with van der Waals surface area (Å²) in [5, 5.41) is 0. The number of hydrogen-bond acceptors (Lipinski definition) is 5. The summed E-state index contributed by atoms with van der Waals surface area (Å²) in [5.74, 6) is 0.970. The summed E-state index contributed by atoms with van der Waals surface area (Å²) in [7, 11) is -1.45. The van der Waals surface area contributed by atoms with Crippen molar-refractivity contribution in [1.82, 2.24) is 14.3 Å². The van der Waals surface area contributed by atoms with Crippen LogP contribution in [-0.2, 0) is 10.0 Å². The van der Waals surface area contributed by atoms with Crippen LogP contribution in [0.2, 0.25) is 0 Å². The van der Waals surface area contributed by atoms with E-state index < -0.39 is 10.0 Å². The number of aryl methyl sites for hydroxylation is 1. The summed E-state index contributed by atoms with van der Waals surface area (Å²) < 4.78 is 24.6. The molecule has 0 saturated carbocycles. The topological polar surface area (TPSA) is 66.4 Å². The van der Waals surface area contributed by atoms with E-state index in [9.17, 15) is 8.42 Å². The number of rotatable bonds is 3. The van der Waals surface area contributed by atoms with Gasteiger partial charge < -0.3 is 4.90 Å². The van der Waals surface area contributed by atoms with Crippen molar-refractivity contribution in [2.45, 2.75) is 32.7 Å². The molecule has 20 heavy (non-hydrogen) atoms. The maximum Gasteiger partial charge on any atom is 0.211 e. The first-order valence-electron chi connectivity index (χ1n) is 6.77. The van der Waals surface area contributed by atoms with Gasteiger partial charge >= 0.3 is 0 Å². The molecule has 112 valence electrons. The quantitative estimate of drug-likeness (QED) is 0.831. The van der Waals surface area contributed by atoms with Crippen LogP contribution < -0.4 is 4.90 Å². The Balaban J connectivity index is 2.07. The Morgan fingerprint density at radius 3 is 2.40 bits per heavy atom. The molecule has 1 aromatic rings. The lowest BCUT2D eigenvalue weighted by molar-refractivity contribution is 0.313. The van der Waals surface area contributed by atoms with Gasteiger partial charge in [0, 0.05) is 37.4 Å². The van der Waals surface area contributed by atoms with Crippen LogP contribution in [0.3, 0.4) is 0 Å². The summed E-state index contributed by atoms with van der Waals surface area (Å²) in [6.07, 6.45) is 4.50. The van der Waals surface area contributed by atoms with Gasteiger partial charge in [0.1, 0.15) is 12.1 Å². The number of piperidine rings is 1. The second kappa shape index (κ2) is 5.65. The van der Waals surface area contributed by atoms with Crippen molar-refractivity contribution in [2.24, 2.45) is 0 Å². The van der Waals surface area contributed by atoms with E-state index in [2.05, 4.69) is 14.9 Å². The molecule has 0 N–H and O–H groups in total. The first-order valence-corrected chi connectivity index (χ1v) is 8.61. The Labute approximate surface area is 120 Å². The molecule has 1 aromatic heterocycles. The van der Waals surface area contributed by atoms with Gasteiger partial charge in [0.2, 0.25) is 10.0 Å². The molecule has 2 rings (SSSR count). The Morgan fingerprint density at radius 2 is 1.85 bits per heavy atom. The fraction of sp³-hybridized carbons (Fsp3) is 0.692. The van der Waals surface area contributed by atoms with Crippen molar-refractivity contribution in [3.63, 3.8) is 0 Å². The minimum absolute atomic E-state index is 0.0875. The largest absolute Gasteiger partial charge is 0.356 e. The number of aromatic nitrogens is 2. The first kappa shape index (κ1) is 15.2. The molecule has 0 unspecified atom stereocenters. The predicted octanol–water partition coefficient (Wildman–Crippen LogP) is 0.954. The van der Waals surface area contributed by atoms with Crippen LogP contribution in [0.15, 0.2) is 6.33 Å². The SMILES string of the molecule is Cc1ncnc(N2CCC(N(C)S(C)(=O)=O)CC2)c1C. The summed E-state index contributed by atoms with van der Waals surface area (Å²) >= 11 is 0. The number of sulfonamides is 1. The Kier molecular flexibility index (Phi) is 4.29. The molecule has 6 nitrogen and oxygen atoms in total. The van der Waals surface area contributed by atoms with Crippen molar-refractivity contribution >= 4 is 15.8 Å². The van der Waals surface area contributed by atoms with Crippen molar-refractivity contribution in [3.8, 4) is 0 Å². The van der Waals surface area contributed by atoms with Gasteiger partial charge in [-0.15, -0.1) is 0 Å². The van der Waals surface area contributed by atoms with E-state index >= 15 is 0 Å². The molecule has 1 fully saturated rings. The summed E-state index contributed by atoms with van der Waals surface area (Å²) in [5.41, 5.74) is 2.09. The van der Waals surface area contributed by atoms with Crippen LogP contribution in [0, 0.1) is 13.8 Å². The van der Waals surface area contributed by atoms with Crippen molar-refractivity contribution in [2.75, 3.05) is 31.3 Å². The van der Waals surface area contributed by atoms with Gasteiger partial charge in [-0.1, -0.05) is 0 Å². The highest BCUT2D eigenvalue weighted by atomic mass is 32.2. The number of anilines is 1. The van der Waals surface area contributed by atoms with E-state index in [0.717, 1.165) is 43.0 Å². The molecule has 0 aromatic carbocycles. The highest BCUT2D eigenvalue weighted by Gasteiger charge is 2.28. The Bertz CT molecular complexity index is 580. The van der Waals surface area contributed by atoms with E-state index in [1.807, 2.05) is 13.8 Å². The third-order valence-corrected chi connectivity index (χ3v) is 5.46. The van der Waals surface area contributed by atoms with Crippen molar-refractivity contribution in [1.29, 1.82) is 0 Å². The molecular weight excluding hydrogens is 276 g/mol. The molecule has 1 saturated heterocycles. The minimum Gasteiger partial charge on any atom is -0.356 e. The molecule has 0 spiro atoms. The lowest BCUT2D eigenvalue weighted by atomic mass is 10.0. The number of hydrogen-bond donors (Lipinski definition) is 0. The summed E-state index contributed by atoms with van der Waals surface area (Å²) in [6.45, 7) is 5.65. The summed E-state index contributed by atoms with van der Waals surface area (Å²) in [4.78, 5) is 10.8. The van der Waals surface area contributed by atoms with E-state index in [4.69, 9.17) is 0 Å². The molecule has 1 aliphatic rings. The monoisotopic (exact) mass is 298 g/mol. The molecule has 1 aliphatic heterocycles. The predicted molar refractivity (Wildman–Crippen MR) is 79.3 cm³/mol. The van der Waals surface area contributed by atoms with E-state index in [0.29, 0.717) is 0 Å². The molecule has 2 heterocycles. The van der Waals surface area contributed by atoms with E-state index in [1.54, 1.807) is 13.4 Å². The molecule has 0 amide bonds. The second-order valence-electron chi connectivity index (χ2n) is 5.41. The van der Waals surface area contributed by atoms with Gasteiger partial charge in [-0.3, -0.25) is 0 Å². The zero-order valence-corrected chi connectivity index (χ0v) is 13.3. The average molecular weight is 298 g/mol. The third-order valence-electron chi connectivity index (χ3n) is 4.11. The maximum atomic E-state index is 11.6. The van der Waals surface area contributed by atoms with Crippen LogP contribution in [0.4, 0.5) is 5.82 Å². The van der Waals surface area contributed by atoms with Gasteiger partial charge in [0.05, 0.1) is 6.26 Å². The third kappa shape index (κ3) is 3.09. The smallest absolute Gasteiger partial charge is 0.211 e. The highest BCUT2D eigenvalue weighted by Crippen LogP contribution is 2.24.